The number of carbonyl (C=O) groups excluding carboxylic acids is 1. The van der Waals surface area contributed by atoms with Crippen LogP contribution >= 0.6 is 0 Å². The number of likely N-dealkylation sites (N-methyl/N-ethyl adjacent to an activating group) is 1. The second-order valence-corrected chi connectivity index (χ2v) is 8.03. The van der Waals surface area contributed by atoms with E-state index in [1.165, 1.54) is 0 Å². The summed E-state index contributed by atoms with van der Waals surface area (Å²) in [6.07, 6.45) is -2.94. The molecule has 3 fully saturated rings. The van der Waals surface area contributed by atoms with E-state index in [1.807, 2.05) is 11.8 Å². The van der Waals surface area contributed by atoms with Crippen molar-refractivity contribution < 1.29 is 37.1 Å². The highest BCUT2D eigenvalue weighted by Crippen LogP contribution is 2.33. The largest absolute Gasteiger partial charge is 0.490 e. The van der Waals surface area contributed by atoms with Crippen LogP contribution < -0.4 is 0 Å². The van der Waals surface area contributed by atoms with Crippen molar-refractivity contribution in [2.75, 3.05) is 46.4 Å². The summed E-state index contributed by atoms with van der Waals surface area (Å²) < 4.78 is 43.0. The summed E-state index contributed by atoms with van der Waals surface area (Å²) >= 11 is 0. The van der Waals surface area contributed by atoms with Crippen molar-refractivity contribution in [3.8, 4) is 0 Å². The molecule has 3 aliphatic heterocycles. The van der Waals surface area contributed by atoms with E-state index < -0.39 is 12.1 Å². The van der Waals surface area contributed by atoms with Crippen LogP contribution in [-0.4, -0.2) is 108 Å². The van der Waals surface area contributed by atoms with Gasteiger partial charge in [-0.15, -0.1) is 0 Å². The zero-order valence-electron chi connectivity index (χ0n) is 17.5. The molecule has 0 spiro atoms. The first-order valence-corrected chi connectivity index (χ1v) is 10.2. The van der Waals surface area contributed by atoms with Crippen LogP contribution in [0.15, 0.2) is 10.6 Å². The fourth-order valence-electron chi connectivity index (χ4n) is 4.25. The van der Waals surface area contributed by atoms with Gasteiger partial charge in [-0.05, 0) is 26.8 Å². The van der Waals surface area contributed by atoms with Crippen LogP contribution in [0.5, 0.6) is 0 Å². The van der Waals surface area contributed by atoms with Crippen LogP contribution in [0.4, 0.5) is 13.2 Å². The summed E-state index contributed by atoms with van der Waals surface area (Å²) in [5, 5.41) is 11.0. The maximum Gasteiger partial charge on any atom is 0.490 e. The average molecular weight is 448 g/mol. The molecule has 1 N–H and O–H groups in total. The van der Waals surface area contributed by atoms with E-state index in [9.17, 15) is 18.0 Å². The molecule has 0 radical (unpaired) electrons. The molecule has 3 atom stereocenters. The van der Waals surface area contributed by atoms with Crippen LogP contribution in [-0.2, 0) is 9.53 Å². The molecule has 9 nitrogen and oxygen atoms in total. The number of amides is 1. The van der Waals surface area contributed by atoms with E-state index in [-0.39, 0.29) is 18.1 Å². The number of likely N-dealkylation sites (tertiary alicyclic amines) is 1. The van der Waals surface area contributed by atoms with Crippen LogP contribution in [0.3, 0.4) is 0 Å². The summed E-state index contributed by atoms with van der Waals surface area (Å²) in [6, 6.07) is 2.18. The van der Waals surface area contributed by atoms with Gasteiger partial charge in [0.15, 0.2) is 5.69 Å². The number of ether oxygens (including phenoxy) is 1. The number of nitrogens with zero attached hydrogens (tertiary/aromatic N) is 4. The molecular weight excluding hydrogens is 421 g/mol. The minimum atomic E-state index is -5.08. The second kappa shape index (κ2) is 9.53. The van der Waals surface area contributed by atoms with Gasteiger partial charge in [-0.3, -0.25) is 9.69 Å². The SMILES string of the molecule is Cc1cc(C(=O)N2C[C@@H](N3CCN(C)CC3)[C@H]3OCCC[C@H]32)no1.O=C(O)C(F)(F)F. The summed E-state index contributed by atoms with van der Waals surface area (Å²) in [7, 11) is 2.16. The number of alkyl halides is 3. The van der Waals surface area contributed by atoms with Gasteiger partial charge < -0.3 is 24.2 Å². The number of carboxylic acid groups (broad SMARTS) is 1. The third kappa shape index (κ3) is 5.55. The Kier molecular flexibility index (Phi) is 7.22. The number of hydrogen-bond acceptors (Lipinski definition) is 7. The Bertz CT molecular complexity index is 779. The first kappa shape index (κ1) is 23.5. The number of aromatic nitrogens is 1. The molecule has 3 aliphatic rings. The predicted molar refractivity (Wildman–Crippen MR) is 102 cm³/mol. The monoisotopic (exact) mass is 448 g/mol. The lowest BCUT2D eigenvalue weighted by Crippen LogP contribution is -2.54. The van der Waals surface area contributed by atoms with Gasteiger partial charge in [0.05, 0.1) is 18.2 Å². The van der Waals surface area contributed by atoms with Crippen molar-refractivity contribution in [3.63, 3.8) is 0 Å². The number of piperazine rings is 1. The molecule has 174 valence electrons. The van der Waals surface area contributed by atoms with Gasteiger partial charge in [0.25, 0.3) is 5.91 Å². The second-order valence-electron chi connectivity index (χ2n) is 8.03. The Morgan fingerprint density at radius 3 is 2.39 bits per heavy atom. The van der Waals surface area contributed by atoms with Gasteiger partial charge in [-0.2, -0.15) is 13.2 Å². The normalized spacial score (nSPS) is 27.4. The predicted octanol–water partition coefficient (Wildman–Crippen LogP) is 1.24. The lowest BCUT2D eigenvalue weighted by atomic mass is 9.99. The third-order valence-corrected chi connectivity index (χ3v) is 5.85. The Hall–Kier alpha value is -2.18. The van der Waals surface area contributed by atoms with Crippen molar-refractivity contribution in [1.82, 2.24) is 19.9 Å². The smallest absolute Gasteiger partial charge is 0.475 e. The van der Waals surface area contributed by atoms with E-state index >= 15 is 0 Å². The standard InChI is InChI=1S/C17H26N4O3.C2HF3O2/c1-12-10-13(18-24-12)17(22)21-11-15(16-14(21)4-3-9-23-16)20-7-5-19(2)6-8-20;3-2(4,5)1(6)7/h10,14-16H,3-9,11H2,1-2H3;(H,6,7)/t14-,15-,16+;/m1./s1. The van der Waals surface area contributed by atoms with Crippen molar-refractivity contribution in [2.45, 2.75) is 44.1 Å². The number of hydrogen-bond donors (Lipinski definition) is 1. The van der Waals surface area contributed by atoms with E-state index in [1.54, 1.807) is 6.07 Å². The van der Waals surface area contributed by atoms with Crippen molar-refractivity contribution in [3.05, 3.63) is 17.5 Å². The summed E-state index contributed by atoms with van der Waals surface area (Å²) in [5.41, 5.74) is 0.413. The Morgan fingerprint density at radius 2 is 1.84 bits per heavy atom. The highest BCUT2D eigenvalue weighted by molar-refractivity contribution is 5.92. The summed E-state index contributed by atoms with van der Waals surface area (Å²) in [6.45, 7) is 7.57. The van der Waals surface area contributed by atoms with Crippen molar-refractivity contribution in [1.29, 1.82) is 0 Å². The quantitative estimate of drug-likeness (QED) is 0.722. The van der Waals surface area contributed by atoms with Gasteiger partial charge in [0.2, 0.25) is 0 Å². The highest BCUT2D eigenvalue weighted by atomic mass is 19.4. The number of halogens is 3. The number of carboxylic acids is 1. The molecule has 3 saturated heterocycles. The topological polar surface area (TPSA) is 99.4 Å². The molecule has 31 heavy (non-hydrogen) atoms. The van der Waals surface area contributed by atoms with Crippen LogP contribution in [0.25, 0.3) is 0 Å². The lowest BCUT2D eigenvalue weighted by molar-refractivity contribution is -0.192. The Labute approximate surface area is 177 Å². The minimum absolute atomic E-state index is 0.0241. The fourth-order valence-corrected chi connectivity index (χ4v) is 4.25. The minimum Gasteiger partial charge on any atom is -0.475 e. The molecule has 0 aliphatic carbocycles. The number of carbonyl (C=O) groups is 2. The van der Waals surface area contributed by atoms with E-state index in [2.05, 4.69) is 22.0 Å². The number of aliphatic carboxylic acids is 1. The highest BCUT2D eigenvalue weighted by Gasteiger charge is 2.48. The summed E-state index contributed by atoms with van der Waals surface area (Å²) in [5.74, 6) is -2.11. The Morgan fingerprint density at radius 1 is 1.19 bits per heavy atom. The molecule has 0 saturated carbocycles. The van der Waals surface area contributed by atoms with E-state index in [0.29, 0.717) is 17.5 Å². The molecule has 1 aromatic heterocycles. The molecule has 4 rings (SSSR count). The molecule has 1 aromatic rings. The van der Waals surface area contributed by atoms with E-state index in [4.69, 9.17) is 19.2 Å². The zero-order chi connectivity index (χ0) is 22.8. The average Bonchev–Trinajstić information content (AvgIpc) is 3.32. The number of fused-ring (bicyclic) bond motifs is 1. The molecule has 0 bridgehead atoms. The molecule has 12 heteroatoms. The van der Waals surface area contributed by atoms with Crippen molar-refractivity contribution >= 4 is 11.9 Å². The first-order chi connectivity index (χ1) is 14.6. The third-order valence-electron chi connectivity index (χ3n) is 5.85. The molecule has 0 aromatic carbocycles. The number of aryl methyl sites for hydroxylation is 1. The maximum absolute atomic E-state index is 12.9. The summed E-state index contributed by atoms with van der Waals surface area (Å²) in [4.78, 5) is 28.6. The molecule has 4 heterocycles. The van der Waals surface area contributed by atoms with Gasteiger partial charge in [-0.1, -0.05) is 5.16 Å². The number of rotatable bonds is 2. The lowest BCUT2D eigenvalue weighted by Gasteiger charge is -2.39. The first-order valence-electron chi connectivity index (χ1n) is 10.2. The van der Waals surface area contributed by atoms with Gasteiger partial charge >= 0.3 is 12.1 Å². The fraction of sp³-hybridized carbons (Fsp3) is 0.737. The zero-order valence-corrected chi connectivity index (χ0v) is 17.5. The molecule has 0 unspecified atom stereocenters. The maximum atomic E-state index is 12.9. The van der Waals surface area contributed by atoms with Gasteiger partial charge in [-0.25, -0.2) is 4.79 Å². The molecule has 1 amide bonds. The van der Waals surface area contributed by atoms with Crippen LogP contribution in [0.2, 0.25) is 0 Å². The molecular formula is C19H27F3N4O5. The van der Waals surface area contributed by atoms with Crippen LogP contribution in [0.1, 0.15) is 29.1 Å². The van der Waals surface area contributed by atoms with Crippen molar-refractivity contribution in [2.24, 2.45) is 0 Å². The van der Waals surface area contributed by atoms with Crippen LogP contribution in [0, 0.1) is 6.92 Å². The van der Waals surface area contributed by atoms with Gasteiger partial charge in [0, 0.05) is 45.4 Å². The van der Waals surface area contributed by atoms with E-state index in [0.717, 1.165) is 52.2 Å². The van der Waals surface area contributed by atoms with Gasteiger partial charge in [0.1, 0.15) is 5.76 Å². The Balaban J connectivity index is 0.000000339.